The first kappa shape index (κ1) is 27.1. The fourth-order valence-electron chi connectivity index (χ4n) is 1.91. The van der Waals surface area contributed by atoms with Crippen molar-refractivity contribution in [1.82, 2.24) is 0 Å². The fourth-order valence-corrected chi connectivity index (χ4v) is 1.91. The fraction of sp³-hybridized carbons (Fsp3) is 0.217. The Morgan fingerprint density at radius 2 is 1.16 bits per heavy atom. The maximum atomic E-state index is 10.8. The lowest BCUT2D eigenvalue weighted by Gasteiger charge is -1.97. The molecule has 31 heavy (non-hydrogen) atoms. The monoisotopic (exact) mass is 430 g/mol. The molecule has 0 aliphatic carbocycles. The number of rotatable bonds is 8. The predicted molar refractivity (Wildman–Crippen MR) is 114 cm³/mol. The number of carbonyl (C=O) groups excluding carboxylic acids is 1. The number of ether oxygens (including phenoxy) is 1. The normalized spacial score (nSPS) is 9.45. The van der Waals surface area contributed by atoms with Crippen molar-refractivity contribution in [3.8, 4) is 0 Å². The highest BCUT2D eigenvalue weighted by Gasteiger charge is 2.02. The number of unbranched alkanes of at least 4 members (excludes halogenated alkanes) is 1. The second-order valence-corrected chi connectivity index (χ2v) is 5.90. The van der Waals surface area contributed by atoms with Gasteiger partial charge in [-0.05, 0) is 44.0 Å². The number of carboxylic acid groups (broad SMARTS) is 3. The van der Waals surface area contributed by atoms with Gasteiger partial charge in [0.2, 0.25) is 0 Å². The van der Waals surface area contributed by atoms with E-state index in [4.69, 9.17) is 15.3 Å². The van der Waals surface area contributed by atoms with Gasteiger partial charge < -0.3 is 20.1 Å². The summed E-state index contributed by atoms with van der Waals surface area (Å²) in [7, 11) is 0. The van der Waals surface area contributed by atoms with Crippen molar-refractivity contribution in [1.29, 1.82) is 0 Å². The number of aromatic carboxylic acids is 2. The van der Waals surface area contributed by atoms with E-state index < -0.39 is 17.9 Å². The SMILES string of the molecule is CC=COC(=O)CCCCC(=O)O.O=C(O)c1ccccc1.O=C(O)c1ccccc1. The molecule has 0 heterocycles. The Labute approximate surface area is 180 Å². The third-order valence-electron chi connectivity index (χ3n) is 3.40. The Kier molecular flexibility index (Phi) is 14.8. The molecule has 0 atom stereocenters. The van der Waals surface area contributed by atoms with Crippen LogP contribution in [-0.4, -0.2) is 39.2 Å². The lowest BCUT2D eigenvalue weighted by molar-refractivity contribution is -0.139. The molecule has 2 aromatic carbocycles. The largest absolute Gasteiger partial charge is 0.481 e. The topological polar surface area (TPSA) is 138 Å². The summed E-state index contributed by atoms with van der Waals surface area (Å²) < 4.78 is 4.63. The number of aliphatic carboxylic acids is 1. The number of carbonyl (C=O) groups is 4. The Bertz CT molecular complexity index is 780. The lowest BCUT2D eigenvalue weighted by Crippen LogP contribution is -2.00. The molecule has 0 aliphatic heterocycles. The van der Waals surface area contributed by atoms with Gasteiger partial charge in [-0.2, -0.15) is 0 Å². The van der Waals surface area contributed by atoms with Crippen LogP contribution in [0.1, 0.15) is 53.3 Å². The first-order valence-corrected chi connectivity index (χ1v) is 9.37. The maximum Gasteiger partial charge on any atom is 0.335 e. The minimum atomic E-state index is -0.879. The number of hydrogen-bond donors (Lipinski definition) is 3. The summed E-state index contributed by atoms with van der Waals surface area (Å²) in [4.78, 5) is 41.3. The molecule has 8 heteroatoms. The van der Waals surface area contributed by atoms with Gasteiger partial charge in [-0.1, -0.05) is 42.5 Å². The number of allylic oxidation sites excluding steroid dienone is 1. The zero-order valence-corrected chi connectivity index (χ0v) is 17.1. The van der Waals surface area contributed by atoms with Crippen molar-refractivity contribution >= 4 is 23.9 Å². The highest BCUT2D eigenvalue weighted by atomic mass is 16.5. The summed E-state index contributed by atoms with van der Waals surface area (Å²) in [6.07, 6.45) is 4.39. The van der Waals surface area contributed by atoms with Crippen molar-refractivity contribution in [3.05, 3.63) is 84.1 Å². The summed E-state index contributed by atoms with van der Waals surface area (Å²) >= 11 is 0. The molecule has 0 saturated carbocycles. The molecule has 0 amide bonds. The van der Waals surface area contributed by atoms with E-state index in [-0.39, 0.29) is 18.8 Å². The minimum Gasteiger partial charge on any atom is -0.481 e. The van der Waals surface area contributed by atoms with E-state index in [9.17, 15) is 19.2 Å². The summed E-state index contributed by atoms with van der Waals surface area (Å²) in [6.45, 7) is 1.75. The lowest BCUT2D eigenvalue weighted by atomic mass is 10.2. The van der Waals surface area contributed by atoms with Crippen molar-refractivity contribution in [2.24, 2.45) is 0 Å². The van der Waals surface area contributed by atoms with Crippen LogP contribution in [0.2, 0.25) is 0 Å². The second kappa shape index (κ2) is 17.0. The van der Waals surface area contributed by atoms with E-state index in [2.05, 4.69) is 4.74 Å². The molecular weight excluding hydrogens is 404 g/mol. The van der Waals surface area contributed by atoms with Gasteiger partial charge in [0.15, 0.2) is 0 Å². The first-order chi connectivity index (χ1) is 14.8. The van der Waals surface area contributed by atoms with Gasteiger partial charge in [-0.3, -0.25) is 9.59 Å². The van der Waals surface area contributed by atoms with Gasteiger partial charge in [-0.15, -0.1) is 0 Å². The maximum absolute atomic E-state index is 10.8. The molecule has 2 rings (SSSR count). The number of benzene rings is 2. The molecule has 166 valence electrons. The Morgan fingerprint density at radius 1 is 0.742 bits per heavy atom. The number of hydrogen-bond acceptors (Lipinski definition) is 5. The standard InChI is InChI=1S/C9H14O4.2C7H6O2/c1-2-7-13-9(12)6-4-3-5-8(10)11;2*8-7(9)6-4-2-1-3-5-6/h2,7H,3-6H2,1H3,(H,10,11);2*1-5H,(H,8,9). The Balaban J connectivity index is 0.000000445. The molecule has 2 aromatic rings. The zero-order valence-electron chi connectivity index (χ0n) is 17.1. The number of carboxylic acids is 3. The van der Waals surface area contributed by atoms with Crippen LogP contribution in [0, 0.1) is 0 Å². The van der Waals surface area contributed by atoms with Gasteiger partial charge in [0.25, 0.3) is 0 Å². The van der Waals surface area contributed by atoms with Crippen LogP contribution in [0.5, 0.6) is 0 Å². The van der Waals surface area contributed by atoms with E-state index in [0.29, 0.717) is 24.0 Å². The van der Waals surface area contributed by atoms with Crippen LogP contribution in [0.15, 0.2) is 73.0 Å². The third kappa shape index (κ3) is 15.6. The van der Waals surface area contributed by atoms with Crippen LogP contribution in [0.4, 0.5) is 0 Å². The third-order valence-corrected chi connectivity index (χ3v) is 3.40. The quantitative estimate of drug-likeness (QED) is 0.317. The first-order valence-electron chi connectivity index (χ1n) is 9.37. The van der Waals surface area contributed by atoms with E-state index in [1.807, 2.05) is 0 Å². The van der Waals surface area contributed by atoms with Crippen LogP contribution in [0.3, 0.4) is 0 Å². The summed E-state index contributed by atoms with van der Waals surface area (Å²) in [5.74, 6) is -2.91. The van der Waals surface area contributed by atoms with Gasteiger partial charge in [0.05, 0.1) is 17.4 Å². The molecule has 0 bridgehead atoms. The molecule has 3 N–H and O–H groups in total. The van der Waals surface area contributed by atoms with Gasteiger partial charge in [0.1, 0.15) is 0 Å². The van der Waals surface area contributed by atoms with E-state index in [1.165, 1.54) is 6.26 Å². The highest BCUT2D eigenvalue weighted by molar-refractivity contribution is 5.87. The molecule has 0 aromatic heterocycles. The van der Waals surface area contributed by atoms with Crippen LogP contribution >= 0.6 is 0 Å². The van der Waals surface area contributed by atoms with Crippen LogP contribution in [0.25, 0.3) is 0 Å². The van der Waals surface area contributed by atoms with Crippen molar-refractivity contribution in [2.45, 2.75) is 32.6 Å². The summed E-state index contributed by atoms with van der Waals surface area (Å²) in [5.41, 5.74) is 0.662. The summed E-state index contributed by atoms with van der Waals surface area (Å²) in [5, 5.41) is 25.1. The molecule has 0 unspecified atom stereocenters. The van der Waals surface area contributed by atoms with E-state index >= 15 is 0 Å². The van der Waals surface area contributed by atoms with E-state index in [1.54, 1.807) is 73.7 Å². The highest BCUT2D eigenvalue weighted by Crippen LogP contribution is 2.01. The zero-order chi connectivity index (χ0) is 23.5. The van der Waals surface area contributed by atoms with Gasteiger partial charge in [0, 0.05) is 12.8 Å². The predicted octanol–water partition coefficient (Wildman–Crippen LogP) is 4.48. The summed E-state index contributed by atoms with van der Waals surface area (Å²) in [6, 6.07) is 16.6. The van der Waals surface area contributed by atoms with Gasteiger partial charge >= 0.3 is 23.9 Å². The molecule has 0 fully saturated rings. The molecule has 0 aliphatic rings. The molecular formula is C23H26O8. The Hall–Kier alpha value is -3.94. The van der Waals surface area contributed by atoms with Crippen molar-refractivity contribution in [3.63, 3.8) is 0 Å². The van der Waals surface area contributed by atoms with Crippen LogP contribution in [-0.2, 0) is 14.3 Å². The molecule has 0 spiro atoms. The average molecular weight is 430 g/mol. The minimum absolute atomic E-state index is 0.108. The number of esters is 1. The van der Waals surface area contributed by atoms with Crippen molar-refractivity contribution < 1.29 is 39.2 Å². The average Bonchev–Trinajstić information content (AvgIpc) is 2.77. The Morgan fingerprint density at radius 3 is 1.48 bits per heavy atom. The molecule has 0 radical (unpaired) electrons. The molecule has 0 saturated heterocycles. The smallest absolute Gasteiger partial charge is 0.335 e. The van der Waals surface area contributed by atoms with Crippen LogP contribution < -0.4 is 0 Å². The second-order valence-electron chi connectivity index (χ2n) is 5.90. The molecule has 8 nitrogen and oxygen atoms in total. The van der Waals surface area contributed by atoms with Crippen molar-refractivity contribution in [2.75, 3.05) is 0 Å². The van der Waals surface area contributed by atoms with E-state index in [0.717, 1.165) is 0 Å². The van der Waals surface area contributed by atoms with Gasteiger partial charge in [-0.25, -0.2) is 9.59 Å².